The largest absolute Gasteiger partial charge is 0.487 e. The second-order valence-electron chi connectivity index (χ2n) is 13.7. The molecule has 4 N–H and O–H groups in total. The number of rotatable bonds is 12. The molecular weight excluding hydrogens is 646 g/mol. The number of esters is 1. The SMILES string of the molecule is CC(C)(C)OC(=O)C1O[C@@H](Oc2ccc(C[C@H](c3ccc(C(C)(C)O)nc3)c3ccc(OC(F)F)c(OC4CC4)c3)cn2)[C@H](O)C(O)[C@@H]1O. The number of halogens is 2. The zero-order valence-electron chi connectivity index (χ0n) is 27.8. The molecule has 1 aliphatic carbocycles. The van der Waals surface area contributed by atoms with Crippen molar-refractivity contribution in [3.8, 4) is 17.4 Å². The first-order valence-electron chi connectivity index (χ1n) is 16.0. The van der Waals surface area contributed by atoms with Gasteiger partial charge in [-0.15, -0.1) is 0 Å². The number of benzene rings is 1. The fraction of sp³-hybridized carbons (Fsp3) is 0.514. The lowest BCUT2D eigenvalue weighted by molar-refractivity contribution is -0.275. The third-order valence-corrected chi connectivity index (χ3v) is 7.90. The molecule has 1 saturated heterocycles. The highest BCUT2D eigenvalue weighted by Crippen LogP contribution is 2.39. The van der Waals surface area contributed by atoms with Crippen molar-refractivity contribution in [3.63, 3.8) is 0 Å². The molecule has 2 fully saturated rings. The number of aliphatic hydroxyl groups is 4. The minimum Gasteiger partial charge on any atom is -0.487 e. The molecule has 0 amide bonds. The molecule has 12 nitrogen and oxygen atoms in total. The van der Waals surface area contributed by atoms with Crippen LogP contribution in [0.2, 0.25) is 0 Å². The van der Waals surface area contributed by atoms with E-state index < -0.39 is 54.5 Å². The number of aromatic nitrogens is 2. The number of carbonyl (C=O) groups is 1. The van der Waals surface area contributed by atoms with Gasteiger partial charge in [-0.05, 0) is 88.8 Å². The van der Waals surface area contributed by atoms with Crippen LogP contribution in [-0.2, 0) is 26.3 Å². The van der Waals surface area contributed by atoms with Gasteiger partial charge in [0.25, 0.3) is 0 Å². The molecule has 1 saturated carbocycles. The Kier molecular flexibility index (Phi) is 10.7. The predicted octanol–water partition coefficient (Wildman–Crippen LogP) is 3.75. The Bertz CT molecular complexity index is 1570. The van der Waals surface area contributed by atoms with E-state index in [1.165, 1.54) is 18.3 Å². The lowest BCUT2D eigenvalue weighted by atomic mass is 9.86. The van der Waals surface area contributed by atoms with Crippen LogP contribution in [0.5, 0.6) is 17.4 Å². The van der Waals surface area contributed by atoms with Crippen LogP contribution in [0.1, 0.15) is 75.8 Å². The summed E-state index contributed by atoms with van der Waals surface area (Å²) in [5, 5.41) is 41.7. The predicted molar refractivity (Wildman–Crippen MR) is 169 cm³/mol. The monoisotopic (exact) mass is 688 g/mol. The van der Waals surface area contributed by atoms with Gasteiger partial charge in [-0.1, -0.05) is 18.2 Å². The molecular formula is C35H42F2N2O10. The van der Waals surface area contributed by atoms with Crippen molar-refractivity contribution < 1.29 is 57.7 Å². The van der Waals surface area contributed by atoms with Crippen LogP contribution in [0.4, 0.5) is 8.78 Å². The minimum absolute atomic E-state index is 0.000644. The Morgan fingerprint density at radius 3 is 2.18 bits per heavy atom. The molecule has 6 atom stereocenters. The molecule has 3 aromatic rings. The molecule has 14 heteroatoms. The van der Waals surface area contributed by atoms with Crippen molar-refractivity contribution in [1.82, 2.24) is 9.97 Å². The van der Waals surface area contributed by atoms with Crippen LogP contribution in [0, 0.1) is 0 Å². The van der Waals surface area contributed by atoms with E-state index in [1.807, 2.05) is 6.07 Å². The van der Waals surface area contributed by atoms with Crippen molar-refractivity contribution in [1.29, 1.82) is 0 Å². The fourth-order valence-electron chi connectivity index (χ4n) is 5.25. The smallest absolute Gasteiger partial charge is 0.387 e. The van der Waals surface area contributed by atoms with Crippen LogP contribution in [0.3, 0.4) is 0 Å². The van der Waals surface area contributed by atoms with Crippen LogP contribution in [0.15, 0.2) is 54.9 Å². The van der Waals surface area contributed by atoms with Crippen molar-refractivity contribution in [2.24, 2.45) is 0 Å². The number of nitrogens with zero attached hydrogens (tertiary/aromatic N) is 2. The molecule has 2 unspecified atom stereocenters. The summed E-state index contributed by atoms with van der Waals surface area (Å²) in [6.45, 7) is 5.13. The van der Waals surface area contributed by atoms with Gasteiger partial charge >= 0.3 is 12.6 Å². The number of hydrogen-bond donors (Lipinski definition) is 4. The quantitative estimate of drug-likeness (QED) is 0.204. The van der Waals surface area contributed by atoms with E-state index in [-0.39, 0.29) is 29.4 Å². The highest BCUT2D eigenvalue weighted by molar-refractivity contribution is 5.76. The summed E-state index contributed by atoms with van der Waals surface area (Å²) in [5.74, 6) is -1.16. The molecule has 0 bridgehead atoms. The second kappa shape index (κ2) is 14.5. The van der Waals surface area contributed by atoms with Crippen molar-refractivity contribution in [2.45, 2.75) is 114 Å². The van der Waals surface area contributed by atoms with E-state index in [0.29, 0.717) is 12.1 Å². The highest BCUT2D eigenvalue weighted by atomic mass is 19.3. The Balaban J connectivity index is 1.38. The first-order chi connectivity index (χ1) is 23.0. The van der Waals surface area contributed by atoms with E-state index in [2.05, 4.69) is 9.97 Å². The number of aliphatic hydroxyl groups excluding tert-OH is 3. The van der Waals surface area contributed by atoms with E-state index in [0.717, 1.165) is 29.5 Å². The first kappa shape index (κ1) is 36.3. The van der Waals surface area contributed by atoms with Gasteiger partial charge in [-0.3, -0.25) is 4.98 Å². The summed E-state index contributed by atoms with van der Waals surface area (Å²) in [4.78, 5) is 21.4. The summed E-state index contributed by atoms with van der Waals surface area (Å²) in [5.41, 5.74) is 0.643. The number of alkyl halides is 2. The molecule has 0 radical (unpaired) electrons. The number of pyridine rings is 2. The molecule has 2 aliphatic rings. The molecule has 3 heterocycles. The van der Waals surface area contributed by atoms with Gasteiger partial charge in [0.15, 0.2) is 17.6 Å². The molecule has 2 aromatic heterocycles. The summed E-state index contributed by atoms with van der Waals surface area (Å²) >= 11 is 0. The van der Waals surface area contributed by atoms with Gasteiger partial charge in [0.1, 0.15) is 29.5 Å². The van der Waals surface area contributed by atoms with Gasteiger partial charge in [0, 0.05) is 24.4 Å². The van der Waals surface area contributed by atoms with Gasteiger partial charge < -0.3 is 44.1 Å². The van der Waals surface area contributed by atoms with Crippen LogP contribution < -0.4 is 14.2 Å². The van der Waals surface area contributed by atoms with E-state index >= 15 is 0 Å². The average Bonchev–Trinajstić information content (AvgIpc) is 3.84. The molecule has 1 aromatic carbocycles. The van der Waals surface area contributed by atoms with E-state index in [4.69, 9.17) is 23.7 Å². The topological polar surface area (TPSA) is 170 Å². The van der Waals surface area contributed by atoms with Crippen molar-refractivity contribution in [2.75, 3.05) is 0 Å². The Morgan fingerprint density at radius 2 is 1.61 bits per heavy atom. The standard InChI is InChI=1S/C35H42F2N2O10/c1-34(2,3)49-31(43)30-28(41)27(40)29(42)32(48-30)47-26-13-6-18(16-39-26)14-22(20-8-12-25(38-17-20)35(4,5)44)19-7-11-23(46-33(36)37)24(15-19)45-21-9-10-21/h6-8,11-13,15-17,21-22,27-30,32-33,40-42,44H,9-10,14H2,1-5H3/t22-,27?,28-,29+,30?,32+/m0/s1. The van der Waals surface area contributed by atoms with E-state index in [9.17, 15) is 34.0 Å². The van der Waals surface area contributed by atoms with E-state index in [1.54, 1.807) is 65.1 Å². The number of hydrogen-bond acceptors (Lipinski definition) is 12. The van der Waals surface area contributed by atoms with Gasteiger partial charge in [0.2, 0.25) is 12.2 Å². The van der Waals surface area contributed by atoms with Gasteiger partial charge in [-0.2, -0.15) is 8.78 Å². The number of carbonyl (C=O) groups excluding carboxylic acids is 1. The highest BCUT2D eigenvalue weighted by Gasteiger charge is 2.49. The third-order valence-electron chi connectivity index (χ3n) is 7.90. The maximum Gasteiger partial charge on any atom is 0.387 e. The molecule has 49 heavy (non-hydrogen) atoms. The molecule has 1 aliphatic heterocycles. The summed E-state index contributed by atoms with van der Waals surface area (Å²) < 4.78 is 53.5. The lowest BCUT2D eigenvalue weighted by Crippen LogP contribution is -2.61. The zero-order chi connectivity index (χ0) is 35.7. The molecule has 0 spiro atoms. The fourth-order valence-corrected chi connectivity index (χ4v) is 5.25. The van der Waals surface area contributed by atoms with Crippen LogP contribution >= 0.6 is 0 Å². The van der Waals surface area contributed by atoms with Gasteiger partial charge in [-0.25, -0.2) is 9.78 Å². The summed E-state index contributed by atoms with van der Waals surface area (Å²) in [6, 6.07) is 11.6. The summed E-state index contributed by atoms with van der Waals surface area (Å²) in [7, 11) is 0. The maximum absolute atomic E-state index is 13.2. The molecule has 266 valence electrons. The zero-order valence-corrected chi connectivity index (χ0v) is 27.8. The van der Waals surface area contributed by atoms with Crippen LogP contribution in [0.25, 0.3) is 0 Å². The molecule has 5 rings (SSSR count). The Morgan fingerprint density at radius 1 is 0.898 bits per heavy atom. The third kappa shape index (κ3) is 9.40. The van der Waals surface area contributed by atoms with Crippen molar-refractivity contribution in [3.05, 3.63) is 77.2 Å². The van der Waals surface area contributed by atoms with Crippen LogP contribution in [-0.4, -0.2) is 85.4 Å². The first-order valence-corrected chi connectivity index (χ1v) is 16.0. The average molecular weight is 689 g/mol. The Hall–Kier alpha value is -3.95. The second-order valence-corrected chi connectivity index (χ2v) is 13.7. The minimum atomic E-state index is -3.02. The summed E-state index contributed by atoms with van der Waals surface area (Å²) in [6.07, 6.45) is -3.30. The normalized spacial score (nSPS) is 23.6. The maximum atomic E-state index is 13.2. The Labute approximate surface area is 282 Å². The van der Waals surface area contributed by atoms with Crippen molar-refractivity contribution >= 4 is 5.97 Å². The lowest BCUT2D eigenvalue weighted by Gasteiger charge is -2.39. The number of ether oxygens (including phenoxy) is 5. The van der Waals surface area contributed by atoms with Gasteiger partial charge in [0.05, 0.1) is 11.8 Å².